The van der Waals surface area contributed by atoms with Gasteiger partial charge in [0.2, 0.25) is 0 Å². The minimum atomic E-state index is -0.0682. The first-order valence-electron chi connectivity index (χ1n) is 25.4. The van der Waals surface area contributed by atoms with Crippen LogP contribution in [0, 0.1) is 6.92 Å². The van der Waals surface area contributed by atoms with Crippen LogP contribution >= 0.6 is 11.3 Å². The van der Waals surface area contributed by atoms with Gasteiger partial charge in [-0.3, -0.25) is 0 Å². The van der Waals surface area contributed by atoms with E-state index < -0.39 is 0 Å². The molecule has 0 aliphatic carbocycles. The summed E-state index contributed by atoms with van der Waals surface area (Å²) in [6.07, 6.45) is 0. The molecule has 2 nitrogen and oxygen atoms in total. The summed E-state index contributed by atoms with van der Waals surface area (Å²) in [6.45, 7) is 23.3. The molecule has 11 aromatic rings. The zero-order valence-corrected chi connectivity index (χ0v) is 43.4. The van der Waals surface area contributed by atoms with Gasteiger partial charge in [0.1, 0.15) is 0 Å². The molecule has 2 aliphatic rings. The van der Waals surface area contributed by atoms with Gasteiger partial charge in [0.15, 0.2) is 0 Å². The quantitative estimate of drug-likeness (QED) is 0.128. The van der Waals surface area contributed by atoms with Crippen molar-refractivity contribution in [1.82, 2.24) is 0 Å². The van der Waals surface area contributed by atoms with E-state index in [4.69, 9.17) is 0 Å². The number of hydrogen-bond acceptors (Lipinski definition) is 3. The van der Waals surface area contributed by atoms with E-state index in [-0.39, 0.29) is 23.0 Å². The Labute approximate surface area is 423 Å². The third-order valence-electron chi connectivity index (χ3n) is 15.8. The number of fused-ring (bicyclic) bond motifs is 6. The second-order valence-corrected chi connectivity index (χ2v) is 24.5. The minimum absolute atomic E-state index is 0.0146. The maximum absolute atomic E-state index is 2.69. The Balaban J connectivity index is 1.14. The molecule has 346 valence electrons. The van der Waals surface area contributed by atoms with E-state index in [0.717, 1.165) is 0 Å². The monoisotopic (exact) mass is 934 g/mol. The fraction of sp³-hybridized carbons (Fsp3) is 0.194. The van der Waals surface area contributed by atoms with Crippen LogP contribution in [0.25, 0.3) is 64.7 Å². The summed E-state index contributed by atoms with van der Waals surface area (Å²) < 4.78 is 2.70. The molecule has 0 fully saturated rings. The van der Waals surface area contributed by atoms with Gasteiger partial charge in [0.25, 0.3) is 6.71 Å². The maximum atomic E-state index is 2.69. The molecule has 2 aliphatic heterocycles. The average Bonchev–Trinajstić information content (AvgIpc) is 3.74. The predicted octanol–water partition coefficient (Wildman–Crippen LogP) is 17.4. The van der Waals surface area contributed by atoms with Crippen LogP contribution in [0.1, 0.15) is 84.6 Å². The summed E-state index contributed by atoms with van der Waals surface area (Å²) >= 11 is 1.98. The van der Waals surface area contributed by atoms with Crippen molar-refractivity contribution >= 4 is 110 Å². The standard InChI is InChI=1S/C67H59BN2S/c1-40-36-48(29-32-53(40)67(8,9)10)69-56-20-15-21-57-62(56)68(54-33-26-45(37-58(54)69)41-16-12-11-13-17-41)64-63(52-39-47(66(5,6)7)28-35-59(52)71-64)70(57)55-34-27-46(65(2,3)4)38-51(55)49-30-24-44-23-22-42-18-14-19-43-25-31-50(49)61(44)60(42)43/h11-39H,1-10H3. The Morgan fingerprint density at radius 3 is 1.82 bits per heavy atom. The molecule has 0 saturated carbocycles. The van der Waals surface area contributed by atoms with Crippen molar-refractivity contribution in [1.29, 1.82) is 0 Å². The normalized spacial score (nSPS) is 13.7. The molecule has 71 heavy (non-hydrogen) atoms. The van der Waals surface area contributed by atoms with Crippen LogP contribution in [0.2, 0.25) is 0 Å². The minimum Gasteiger partial charge on any atom is -0.311 e. The Bertz CT molecular complexity index is 3950. The van der Waals surface area contributed by atoms with Crippen LogP contribution in [0.4, 0.5) is 34.1 Å². The second kappa shape index (κ2) is 15.4. The summed E-state index contributed by atoms with van der Waals surface area (Å²) in [5, 5.41) is 9.13. The van der Waals surface area contributed by atoms with Crippen LogP contribution in [0.5, 0.6) is 0 Å². The highest BCUT2D eigenvalue weighted by atomic mass is 32.1. The fourth-order valence-corrected chi connectivity index (χ4v) is 13.5. The van der Waals surface area contributed by atoms with Crippen LogP contribution in [-0.2, 0) is 16.2 Å². The largest absolute Gasteiger partial charge is 0.311 e. The number of aryl methyl sites for hydroxylation is 1. The van der Waals surface area contributed by atoms with E-state index in [9.17, 15) is 0 Å². The van der Waals surface area contributed by atoms with E-state index in [1.54, 1.807) is 0 Å². The number of hydrogen-bond donors (Lipinski definition) is 0. The molecular weight excluding hydrogens is 876 g/mol. The summed E-state index contributed by atoms with van der Waals surface area (Å²) in [4.78, 5) is 5.26. The van der Waals surface area contributed by atoms with E-state index in [2.05, 4.69) is 255 Å². The lowest BCUT2D eigenvalue weighted by Gasteiger charge is -2.44. The molecule has 0 spiro atoms. The maximum Gasteiger partial charge on any atom is 0.264 e. The predicted molar refractivity (Wildman–Crippen MR) is 311 cm³/mol. The molecule has 10 aromatic carbocycles. The van der Waals surface area contributed by atoms with Gasteiger partial charge >= 0.3 is 0 Å². The lowest BCUT2D eigenvalue weighted by Crippen LogP contribution is -2.60. The summed E-state index contributed by atoms with van der Waals surface area (Å²) in [5.41, 5.74) is 20.3. The Hall–Kier alpha value is -7.14. The zero-order chi connectivity index (χ0) is 48.9. The van der Waals surface area contributed by atoms with Crippen molar-refractivity contribution in [2.45, 2.75) is 85.5 Å². The molecule has 3 heterocycles. The first kappa shape index (κ1) is 43.9. The number of benzene rings is 10. The molecule has 0 N–H and O–H groups in total. The van der Waals surface area contributed by atoms with Gasteiger partial charge in [0, 0.05) is 43.2 Å². The summed E-state index contributed by atoms with van der Waals surface area (Å²) in [6, 6.07) is 67.9. The van der Waals surface area contributed by atoms with Gasteiger partial charge in [-0.05, 0) is 160 Å². The molecule has 0 saturated heterocycles. The van der Waals surface area contributed by atoms with Gasteiger partial charge in [-0.1, -0.05) is 184 Å². The smallest absolute Gasteiger partial charge is 0.264 e. The zero-order valence-electron chi connectivity index (χ0n) is 42.6. The van der Waals surface area contributed by atoms with E-state index in [1.165, 1.54) is 137 Å². The molecule has 0 radical (unpaired) electrons. The molecule has 0 unspecified atom stereocenters. The molecule has 1 aromatic heterocycles. The molecule has 0 bridgehead atoms. The van der Waals surface area contributed by atoms with Crippen LogP contribution < -0.4 is 25.5 Å². The summed E-state index contributed by atoms with van der Waals surface area (Å²) in [7, 11) is 0. The Morgan fingerprint density at radius 1 is 0.437 bits per heavy atom. The average molecular weight is 935 g/mol. The second-order valence-electron chi connectivity index (χ2n) is 23.4. The van der Waals surface area contributed by atoms with Crippen LogP contribution in [0.3, 0.4) is 0 Å². The third-order valence-corrected chi connectivity index (χ3v) is 17.0. The molecule has 4 heteroatoms. The number of anilines is 6. The fourth-order valence-electron chi connectivity index (χ4n) is 12.2. The Morgan fingerprint density at radius 2 is 1.10 bits per heavy atom. The highest BCUT2D eigenvalue weighted by Crippen LogP contribution is 2.52. The topological polar surface area (TPSA) is 6.48 Å². The molecule has 0 atom stereocenters. The SMILES string of the molecule is Cc1cc(N2c3cc(-c4ccccc4)ccc3B3c4sc5ccc(C(C)(C)C)cc5c4N(c4ccc(C(C)(C)C)cc4-c4ccc5ccc6cccc7ccc4c5c67)c4cccc2c43)ccc1C(C)(C)C. The number of rotatable bonds is 4. The Kier molecular flexibility index (Phi) is 9.53. The van der Waals surface area contributed by atoms with Crippen LogP contribution in [0.15, 0.2) is 176 Å². The van der Waals surface area contributed by atoms with Gasteiger partial charge in [-0.25, -0.2) is 0 Å². The van der Waals surface area contributed by atoms with Gasteiger partial charge in [-0.15, -0.1) is 11.3 Å². The highest BCUT2D eigenvalue weighted by Gasteiger charge is 2.46. The van der Waals surface area contributed by atoms with Crippen molar-refractivity contribution < 1.29 is 0 Å². The lowest BCUT2D eigenvalue weighted by molar-refractivity contribution is 0.586. The van der Waals surface area contributed by atoms with E-state index in [0.29, 0.717) is 0 Å². The van der Waals surface area contributed by atoms with Gasteiger partial charge < -0.3 is 9.80 Å². The van der Waals surface area contributed by atoms with Crippen molar-refractivity contribution in [3.63, 3.8) is 0 Å². The van der Waals surface area contributed by atoms with Gasteiger partial charge in [-0.2, -0.15) is 0 Å². The molecule has 0 amide bonds. The first-order chi connectivity index (χ1) is 34.0. The van der Waals surface area contributed by atoms with Crippen molar-refractivity contribution in [3.05, 3.63) is 198 Å². The van der Waals surface area contributed by atoms with Gasteiger partial charge in [0.05, 0.1) is 11.4 Å². The van der Waals surface area contributed by atoms with E-state index >= 15 is 0 Å². The lowest BCUT2D eigenvalue weighted by atomic mass is 9.36. The number of nitrogens with zero attached hydrogens (tertiary/aromatic N) is 2. The molecule has 13 rings (SSSR count). The highest BCUT2D eigenvalue weighted by molar-refractivity contribution is 7.33. The number of thiophene rings is 1. The van der Waals surface area contributed by atoms with Crippen LogP contribution in [-0.4, -0.2) is 6.71 Å². The third kappa shape index (κ3) is 6.74. The van der Waals surface area contributed by atoms with Crippen molar-refractivity contribution in [2.75, 3.05) is 9.80 Å². The summed E-state index contributed by atoms with van der Waals surface area (Å²) in [5.74, 6) is 0. The van der Waals surface area contributed by atoms with Crippen molar-refractivity contribution in [3.8, 4) is 22.3 Å². The van der Waals surface area contributed by atoms with Crippen molar-refractivity contribution in [2.24, 2.45) is 0 Å². The van der Waals surface area contributed by atoms with E-state index in [1.807, 2.05) is 11.3 Å². The first-order valence-corrected chi connectivity index (χ1v) is 26.3. The molecular formula is C67H59BN2S.